The summed E-state index contributed by atoms with van der Waals surface area (Å²) in [6.07, 6.45) is 1.40. The molecule has 0 bridgehead atoms. The second-order valence-electron chi connectivity index (χ2n) is 8.32. The van der Waals surface area contributed by atoms with Gasteiger partial charge >= 0.3 is 0 Å². The van der Waals surface area contributed by atoms with E-state index in [2.05, 4.69) is 44.1 Å². The quantitative estimate of drug-likeness (QED) is 0.520. The Morgan fingerprint density at radius 2 is 1.88 bits per heavy atom. The summed E-state index contributed by atoms with van der Waals surface area (Å²) in [4.78, 5) is 25.7. The molecule has 34 heavy (non-hydrogen) atoms. The first kappa shape index (κ1) is 23.9. The molecule has 1 aromatic heterocycles. The van der Waals surface area contributed by atoms with Crippen molar-refractivity contribution < 1.29 is 9.18 Å². The zero-order chi connectivity index (χ0) is 24.2. The Labute approximate surface area is 203 Å². The van der Waals surface area contributed by atoms with E-state index in [4.69, 9.17) is 17.3 Å². The molecule has 7 nitrogen and oxygen atoms in total. The number of carbonyl (C=O) groups excluding carboxylic acids is 1. The topological polar surface area (TPSA) is 87.4 Å². The number of nitrogens with one attached hydrogen (secondary N) is 1. The lowest BCUT2D eigenvalue weighted by molar-refractivity contribution is 0.100. The Kier molecular flexibility index (Phi) is 7.29. The number of amides is 1. The zero-order valence-corrected chi connectivity index (χ0v) is 20.0. The van der Waals surface area contributed by atoms with Crippen molar-refractivity contribution in [3.8, 4) is 11.4 Å². The maximum absolute atomic E-state index is 14.4. The molecule has 2 aromatic carbocycles. The highest BCUT2D eigenvalue weighted by atomic mass is 35.5. The number of piperazine rings is 1. The summed E-state index contributed by atoms with van der Waals surface area (Å²) >= 11 is 5.86. The third kappa shape index (κ3) is 5.29. The van der Waals surface area contributed by atoms with Crippen LogP contribution in [0.15, 0.2) is 48.7 Å². The minimum atomic E-state index is -0.667. The molecular weight excluding hydrogens is 455 g/mol. The lowest BCUT2D eigenvalue weighted by Crippen LogP contribution is -2.46. The molecule has 4 rings (SSSR count). The number of likely N-dealkylation sites (N-methyl/N-ethyl adjacent to an activating group) is 1. The Morgan fingerprint density at radius 3 is 2.50 bits per heavy atom. The van der Waals surface area contributed by atoms with Gasteiger partial charge in [-0.15, -0.1) is 0 Å². The number of anilines is 2. The summed E-state index contributed by atoms with van der Waals surface area (Å²) in [5.41, 5.74) is 8.02. The summed E-state index contributed by atoms with van der Waals surface area (Å²) in [5.74, 6) is -0.421. The van der Waals surface area contributed by atoms with Crippen LogP contribution in [0.5, 0.6) is 0 Å². The minimum Gasteiger partial charge on any atom is -0.369 e. The van der Waals surface area contributed by atoms with Crippen LogP contribution in [0.1, 0.15) is 35.8 Å². The predicted octanol–water partition coefficient (Wildman–Crippen LogP) is 4.35. The molecule has 0 aliphatic carbocycles. The number of benzene rings is 2. The molecule has 3 N–H and O–H groups in total. The number of primary amides is 1. The predicted molar refractivity (Wildman–Crippen MR) is 134 cm³/mol. The highest BCUT2D eigenvalue weighted by molar-refractivity contribution is 6.30. The molecule has 3 aromatic rings. The first-order chi connectivity index (χ1) is 16.4. The summed E-state index contributed by atoms with van der Waals surface area (Å²) in [6, 6.07) is 12.0. The van der Waals surface area contributed by atoms with Crippen LogP contribution in [0.25, 0.3) is 11.4 Å². The van der Waals surface area contributed by atoms with Crippen molar-refractivity contribution in [1.82, 2.24) is 14.9 Å². The molecule has 1 aliphatic rings. The van der Waals surface area contributed by atoms with E-state index in [9.17, 15) is 9.18 Å². The number of carbonyl (C=O) groups is 1. The fraction of sp³-hybridized carbons (Fsp3) is 0.320. The van der Waals surface area contributed by atoms with Crippen LogP contribution in [0.2, 0.25) is 5.02 Å². The van der Waals surface area contributed by atoms with Gasteiger partial charge in [-0.25, -0.2) is 14.4 Å². The van der Waals surface area contributed by atoms with Crippen molar-refractivity contribution in [2.75, 3.05) is 42.9 Å². The van der Waals surface area contributed by atoms with Crippen molar-refractivity contribution >= 4 is 29.0 Å². The fourth-order valence-corrected chi connectivity index (χ4v) is 4.25. The zero-order valence-electron chi connectivity index (χ0n) is 19.3. The van der Waals surface area contributed by atoms with Crippen molar-refractivity contribution in [2.45, 2.75) is 19.9 Å². The third-order valence-corrected chi connectivity index (χ3v) is 6.38. The summed E-state index contributed by atoms with van der Waals surface area (Å²) in [7, 11) is 0. The Balaban J connectivity index is 1.56. The van der Waals surface area contributed by atoms with Crippen LogP contribution in [0.4, 0.5) is 15.9 Å². The van der Waals surface area contributed by atoms with Gasteiger partial charge < -0.3 is 20.9 Å². The van der Waals surface area contributed by atoms with E-state index in [1.165, 1.54) is 12.3 Å². The first-order valence-electron chi connectivity index (χ1n) is 11.3. The highest BCUT2D eigenvalue weighted by Gasteiger charge is 2.19. The monoisotopic (exact) mass is 482 g/mol. The molecule has 0 saturated carbocycles. The van der Waals surface area contributed by atoms with Gasteiger partial charge in [-0.2, -0.15) is 0 Å². The van der Waals surface area contributed by atoms with Crippen LogP contribution in [0.3, 0.4) is 0 Å². The summed E-state index contributed by atoms with van der Waals surface area (Å²) < 4.78 is 14.4. The van der Waals surface area contributed by atoms with Gasteiger partial charge in [0.05, 0.1) is 11.6 Å². The van der Waals surface area contributed by atoms with Gasteiger partial charge in [0.25, 0.3) is 5.91 Å². The second kappa shape index (κ2) is 10.4. The van der Waals surface area contributed by atoms with Gasteiger partial charge in [0, 0.05) is 54.2 Å². The maximum Gasteiger partial charge on any atom is 0.254 e. The molecule has 1 fully saturated rings. The number of aromatic nitrogens is 2. The smallest absolute Gasteiger partial charge is 0.254 e. The number of nitrogens with two attached hydrogens (primary N) is 1. The molecule has 1 aliphatic heterocycles. The molecule has 1 atom stereocenters. The van der Waals surface area contributed by atoms with E-state index in [1.807, 2.05) is 12.1 Å². The van der Waals surface area contributed by atoms with E-state index in [0.717, 1.165) is 44.0 Å². The van der Waals surface area contributed by atoms with Gasteiger partial charge in [-0.05, 0) is 49.9 Å². The van der Waals surface area contributed by atoms with Crippen molar-refractivity contribution in [2.24, 2.45) is 5.73 Å². The molecule has 0 radical (unpaired) electrons. The molecule has 2 heterocycles. The SMILES string of the molecule is CCN1CCN(c2ccc(-c3ncc(C(N)=O)c(N[C@H](C)c4ccc(Cl)cc4F)n3)cc2)CC1. The molecule has 1 saturated heterocycles. The standard InChI is InChI=1S/C25H28ClFN6O/c1-3-32-10-12-33(13-11-32)19-7-4-17(5-8-19)24-29-15-21(23(28)34)25(31-24)30-16(2)20-9-6-18(26)14-22(20)27/h4-9,14-16H,3,10-13H2,1-2H3,(H2,28,34)(H,29,30,31)/t16-/m1/s1. The summed E-state index contributed by atoms with van der Waals surface area (Å²) in [5, 5.41) is 3.41. The number of hydrogen-bond donors (Lipinski definition) is 2. The number of hydrogen-bond acceptors (Lipinski definition) is 6. The van der Waals surface area contributed by atoms with Gasteiger partial charge in [0.2, 0.25) is 0 Å². The molecule has 9 heteroatoms. The largest absolute Gasteiger partial charge is 0.369 e. The molecule has 1 amide bonds. The number of halogens is 2. The average molecular weight is 483 g/mol. The molecular formula is C25H28ClFN6O. The van der Waals surface area contributed by atoms with Crippen LogP contribution in [-0.4, -0.2) is 53.5 Å². The van der Waals surface area contributed by atoms with Crippen LogP contribution >= 0.6 is 11.6 Å². The van der Waals surface area contributed by atoms with E-state index in [1.54, 1.807) is 19.1 Å². The van der Waals surface area contributed by atoms with Crippen LogP contribution < -0.4 is 16.0 Å². The van der Waals surface area contributed by atoms with E-state index < -0.39 is 17.8 Å². The average Bonchev–Trinajstić information content (AvgIpc) is 2.84. The first-order valence-corrected chi connectivity index (χ1v) is 11.7. The fourth-order valence-electron chi connectivity index (χ4n) is 4.09. The Bertz CT molecular complexity index is 1160. The van der Waals surface area contributed by atoms with E-state index in [-0.39, 0.29) is 11.4 Å². The van der Waals surface area contributed by atoms with Gasteiger partial charge in [-0.1, -0.05) is 24.6 Å². The van der Waals surface area contributed by atoms with Crippen molar-refractivity contribution in [1.29, 1.82) is 0 Å². The van der Waals surface area contributed by atoms with Gasteiger partial charge in [-0.3, -0.25) is 4.79 Å². The van der Waals surface area contributed by atoms with Crippen LogP contribution in [0, 0.1) is 5.82 Å². The van der Waals surface area contributed by atoms with Gasteiger partial charge in [0.15, 0.2) is 5.82 Å². The third-order valence-electron chi connectivity index (χ3n) is 6.15. The van der Waals surface area contributed by atoms with Crippen LogP contribution in [-0.2, 0) is 0 Å². The Morgan fingerprint density at radius 1 is 1.18 bits per heavy atom. The number of nitrogens with zero attached hydrogens (tertiary/aromatic N) is 4. The lowest BCUT2D eigenvalue weighted by Gasteiger charge is -2.35. The maximum atomic E-state index is 14.4. The number of rotatable bonds is 7. The second-order valence-corrected chi connectivity index (χ2v) is 8.76. The van der Waals surface area contributed by atoms with Crippen molar-refractivity contribution in [3.63, 3.8) is 0 Å². The minimum absolute atomic E-state index is 0.135. The van der Waals surface area contributed by atoms with E-state index in [0.29, 0.717) is 16.4 Å². The van der Waals surface area contributed by atoms with Crippen molar-refractivity contribution in [3.05, 3.63) is 70.6 Å². The summed E-state index contributed by atoms with van der Waals surface area (Å²) in [6.45, 7) is 9.12. The normalized spacial score (nSPS) is 15.2. The molecule has 178 valence electrons. The van der Waals surface area contributed by atoms with Gasteiger partial charge in [0.1, 0.15) is 11.6 Å². The molecule has 0 spiro atoms. The lowest BCUT2D eigenvalue weighted by atomic mass is 10.1. The molecule has 0 unspecified atom stereocenters. The van der Waals surface area contributed by atoms with E-state index >= 15 is 0 Å². The Hall–Kier alpha value is -3.23. The highest BCUT2D eigenvalue weighted by Crippen LogP contribution is 2.27.